The summed E-state index contributed by atoms with van der Waals surface area (Å²) in [5.41, 5.74) is 2.63. The van der Waals surface area contributed by atoms with E-state index in [-0.39, 0.29) is 0 Å². The lowest BCUT2D eigenvalue weighted by molar-refractivity contribution is 0.110. The van der Waals surface area contributed by atoms with Crippen LogP contribution in [0.4, 0.5) is 0 Å². The third kappa shape index (κ3) is 0.907. The highest BCUT2D eigenvalue weighted by atomic mass is 16.5. The molecule has 0 radical (unpaired) electrons. The van der Waals surface area contributed by atoms with Crippen molar-refractivity contribution in [3.63, 3.8) is 0 Å². The lowest BCUT2D eigenvalue weighted by Gasteiger charge is -2.14. The fourth-order valence-corrected chi connectivity index (χ4v) is 1.19. The van der Waals surface area contributed by atoms with Crippen LogP contribution in [0.25, 0.3) is 0 Å². The number of hydrogen-bond donors (Lipinski definition) is 0. The van der Waals surface area contributed by atoms with E-state index in [4.69, 9.17) is 4.74 Å². The Morgan fingerprint density at radius 3 is 3.30 bits per heavy atom. The normalized spacial score (nSPS) is 16.4. The second-order valence-electron chi connectivity index (χ2n) is 2.45. The van der Waals surface area contributed by atoms with Gasteiger partial charge in [-0.05, 0) is 23.6 Å². The molecule has 2 heteroatoms. The number of hydrogen-bond acceptors (Lipinski definition) is 2. The molecule has 0 fully saturated rings. The topological polar surface area (TPSA) is 22.1 Å². The molecular formula is C8H9NO. The Balaban J connectivity index is 2.41. The standard InChI is InChI=1S/C8H9NO/c1-3-9-5-8-6-10-4-2-7(1)8/h1,3,5H,2,4,6H2. The molecule has 0 spiro atoms. The average molecular weight is 135 g/mol. The monoisotopic (exact) mass is 135 g/mol. The van der Waals surface area contributed by atoms with Crippen LogP contribution < -0.4 is 0 Å². The van der Waals surface area contributed by atoms with Crippen LogP contribution in [0.2, 0.25) is 0 Å². The lowest BCUT2D eigenvalue weighted by atomic mass is 10.1. The van der Waals surface area contributed by atoms with E-state index in [9.17, 15) is 0 Å². The first-order chi connectivity index (χ1) is 4.97. The quantitative estimate of drug-likeness (QED) is 0.532. The fourth-order valence-electron chi connectivity index (χ4n) is 1.19. The Kier molecular flexibility index (Phi) is 1.40. The molecule has 2 nitrogen and oxygen atoms in total. The molecule has 0 aliphatic carbocycles. The Bertz CT molecular complexity index is 209. The molecule has 0 aromatic carbocycles. The van der Waals surface area contributed by atoms with Crippen LogP contribution in [0.5, 0.6) is 0 Å². The molecular weight excluding hydrogens is 126 g/mol. The number of rotatable bonds is 0. The van der Waals surface area contributed by atoms with Crippen molar-refractivity contribution in [2.45, 2.75) is 13.0 Å². The van der Waals surface area contributed by atoms with Crippen molar-refractivity contribution in [1.82, 2.24) is 4.98 Å². The van der Waals surface area contributed by atoms with Crippen molar-refractivity contribution in [1.29, 1.82) is 0 Å². The minimum Gasteiger partial charge on any atom is -0.376 e. The minimum atomic E-state index is 0.739. The van der Waals surface area contributed by atoms with Crippen LogP contribution in [0, 0.1) is 0 Å². The summed E-state index contributed by atoms with van der Waals surface area (Å²) in [4.78, 5) is 4.02. The Hall–Kier alpha value is -0.890. The summed E-state index contributed by atoms with van der Waals surface area (Å²) in [7, 11) is 0. The molecule has 1 aromatic rings. The summed E-state index contributed by atoms with van der Waals surface area (Å²) in [5, 5.41) is 0. The summed E-state index contributed by atoms with van der Waals surface area (Å²) in [6.07, 6.45) is 4.76. The van der Waals surface area contributed by atoms with Gasteiger partial charge in [0.1, 0.15) is 0 Å². The third-order valence-electron chi connectivity index (χ3n) is 1.78. The maximum atomic E-state index is 5.26. The van der Waals surface area contributed by atoms with Crippen molar-refractivity contribution in [2.75, 3.05) is 6.61 Å². The van der Waals surface area contributed by atoms with E-state index in [1.54, 1.807) is 0 Å². The number of fused-ring (bicyclic) bond motifs is 1. The van der Waals surface area contributed by atoms with Crippen LogP contribution in [0.15, 0.2) is 18.5 Å². The van der Waals surface area contributed by atoms with Gasteiger partial charge in [-0.15, -0.1) is 0 Å². The highest BCUT2D eigenvalue weighted by Gasteiger charge is 2.06. The van der Waals surface area contributed by atoms with Gasteiger partial charge in [0.05, 0.1) is 13.2 Å². The Morgan fingerprint density at radius 2 is 2.40 bits per heavy atom. The van der Waals surface area contributed by atoms with Crippen molar-refractivity contribution >= 4 is 0 Å². The maximum absolute atomic E-state index is 5.26. The van der Waals surface area contributed by atoms with Crippen LogP contribution in [0.1, 0.15) is 11.1 Å². The van der Waals surface area contributed by atoms with E-state index in [1.807, 2.05) is 12.4 Å². The van der Waals surface area contributed by atoms with E-state index in [2.05, 4.69) is 11.1 Å². The zero-order chi connectivity index (χ0) is 6.81. The maximum Gasteiger partial charge on any atom is 0.0734 e. The van der Waals surface area contributed by atoms with E-state index < -0.39 is 0 Å². The summed E-state index contributed by atoms with van der Waals surface area (Å²) in [5.74, 6) is 0. The summed E-state index contributed by atoms with van der Waals surface area (Å²) >= 11 is 0. The molecule has 2 heterocycles. The first-order valence-electron chi connectivity index (χ1n) is 3.46. The van der Waals surface area contributed by atoms with Gasteiger partial charge >= 0.3 is 0 Å². The largest absolute Gasteiger partial charge is 0.376 e. The Morgan fingerprint density at radius 1 is 1.40 bits per heavy atom. The first kappa shape index (κ1) is 5.86. The molecule has 0 bridgehead atoms. The Labute approximate surface area is 59.9 Å². The van der Waals surface area contributed by atoms with E-state index in [0.717, 1.165) is 19.6 Å². The fraction of sp³-hybridized carbons (Fsp3) is 0.375. The molecule has 0 N–H and O–H groups in total. The van der Waals surface area contributed by atoms with Crippen LogP contribution >= 0.6 is 0 Å². The van der Waals surface area contributed by atoms with Gasteiger partial charge in [-0.1, -0.05) is 0 Å². The van der Waals surface area contributed by atoms with Crippen LogP contribution in [-0.4, -0.2) is 11.6 Å². The first-order valence-corrected chi connectivity index (χ1v) is 3.46. The zero-order valence-electron chi connectivity index (χ0n) is 5.71. The highest BCUT2D eigenvalue weighted by molar-refractivity contribution is 5.23. The van der Waals surface area contributed by atoms with Crippen LogP contribution in [-0.2, 0) is 17.8 Å². The number of aromatic nitrogens is 1. The number of nitrogens with zero attached hydrogens (tertiary/aromatic N) is 1. The molecule has 1 aliphatic heterocycles. The molecule has 0 saturated carbocycles. The van der Waals surface area contributed by atoms with Gasteiger partial charge in [0.2, 0.25) is 0 Å². The molecule has 0 atom stereocenters. The summed E-state index contributed by atoms with van der Waals surface area (Å²) < 4.78 is 5.26. The predicted molar refractivity (Wildman–Crippen MR) is 37.6 cm³/mol. The van der Waals surface area contributed by atoms with Gasteiger partial charge in [-0.3, -0.25) is 4.98 Å². The minimum absolute atomic E-state index is 0.739. The molecule has 0 amide bonds. The third-order valence-corrected chi connectivity index (χ3v) is 1.78. The molecule has 1 aliphatic rings. The van der Waals surface area contributed by atoms with Crippen molar-refractivity contribution in [3.8, 4) is 0 Å². The summed E-state index contributed by atoms with van der Waals surface area (Å²) in [6, 6.07) is 2.07. The summed E-state index contributed by atoms with van der Waals surface area (Å²) in [6.45, 7) is 1.60. The molecule has 2 rings (SSSR count). The van der Waals surface area contributed by atoms with E-state index in [1.165, 1.54) is 11.1 Å². The SMILES string of the molecule is c1cc2c(cn1)COCC2. The zero-order valence-corrected chi connectivity index (χ0v) is 5.71. The highest BCUT2D eigenvalue weighted by Crippen LogP contribution is 2.13. The second-order valence-corrected chi connectivity index (χ2v) is 2.45. The molecule has 0 saturated heterocycles. The van der Waals surface area contributed by atoms with Gasteiger partial charge in [0.25, 0.3) is 0 Å². The van der Waals surface area contributed by atoms with Gasteiger partial charge in [0.15, 0.2) is 0 Å². The molecule has 0 unspecified atom stereocenters. The predicted octanol–water partition coefficient (Wildman–Crippen LogP) is 1.15. The van der Waals surface area contributed by atoms with Crippen molar-refractivity contribution < 1.29 is 4.74 Å². The van der Waals surface area contributed by atoms with Crippen LogP contribution in [0.3, 0.4) is 0 Å². The van der Waals surface area contributed by atoms with Gasteiger partial charge in [0, 0.05) is 12.4 Å². The van der Waals surface area contributed by atoms with Crippen molar-refractivity contribution in [3.05, 3.63) is 29.6 Å². The lowest BCUT2D eigenvalue weighted by Crippen LogP contribution is -2.09. The van der Waals surface area contributed by atoms with E-state index >= 15 is 0 Å². The average Bonchev–Trinajstić information content (AvgIpc) is 2.05. The second kappa shape index (κ2) is 2.39. The van der Waals surface area contributed by atoms with Gasteiger partial charge in [-0.2, -0.15) is 0 Å². The number of pyridine rings is 1. The molecule has 1 aromatic heterocycles. The smallest absolute Gasteiger partial charge is 0.0734 e. The molecule has 10 heavy (non-hydrogen) atoms. The van der Waals surface area contributed by atoms with Gasteiger partial charge in [-0.25, -0.2) is 0 Å². The molecule has 52 valence electrons. The van der Waals surface area contributed by atoms with Crippen molar-refractivity contribution in [2.24, 2.45) is 0 Å². The van der Waals surface area contributed by atoms with Gasteiger partial charge < -0.3 is 4.74 Å². The number of ether oxygens (including phenoxy) is 1. The van der Waals surface area contributed by atoms with E-state index in [0.29, 0.717) is 0 Å².